The quantitative estimate of drug-likeness (QED) is 0.568. The van der Waals surface area contributed by atoms with Crippen molar-refractivity contribution in [3.05, 3.63) is 40.8 Å². The summed E-state index contributed by atoms with van der Waals surface area (Å²) < 4.78 is 5.88. The molecule has 1 saturated carbocycles. The Bertz CT molecular complexity index is 1060. The lowest BCUT2D eigenvalue weighted by atomic mass is 9.93. The fraction of sp³-hybridized carbons (Fsp3) is 0.583. The van der Waals surface area contributed by atoms with Gasteiger partial charge in [0.15, 0.2) is 0 Å². The summed E-state index contributed by atoms with van der Waals surface area (Å²) in [5.74, 6) is 0.677. The van der Waals surface area contributed by atoms with Crippen LogP contribution in [0.2, 0.25) is 0 Å². The van der Waals surface area contributed by atoms with Crippen LogP contribution in [0.15, 0.2) is 24.4 Å². The van der Waals surface area contributed by atoms with Crippen LogP contribution < -0.4 is 5.32 Å². The Morgan fingerprint density at radius 3 is 2.79 bits per heavy atom. The summed E-state index contributed by atoms with van der Waals surface area (Å²) in [6.45, 7) is 7.54. The third-order valence-corrected chi connectivity index (χ3v) is 7.27. The van der Waals surface area contributed by atoms with Crippen molar-refractivity contribution in [3.8, 4) is 0 Å². The monoisotopic (exact) mass is 468 g/mol. The van der Waals surface area contributed by atoms with Gasteiger partial charge in [0.1, 0.15) is 15.4 Å². The van der Waals surface area contributed by atoms with Gasteiger partial charge in [-0.3, -0.25) is 4.90 Å². The lowest BCUT2D eigenvalue weighted by Gasteiger charge is -2.38. The topological polar surface area (TPSA) is 96.3 Å². The van der Waals surface area contributed by atoms with Crippen LogP contribution in [0.1, 0.15) is 55.9 Å². The van der Waals surface area contributed by atoms with Crippen molar-refractivity contribution in [2.75, 3.05) is 25.0 Å². The molecule has 0 spiro atoms. The van der Waals surface area contributed by atoms with Crippen molar-refractivity contribution in [2.24, 2.45) is 0 Å². The van der Waals surface area contributed by atoms with Crippen LogP contribution in [0.5, 0.6) is 0 Å². The molecule has 1 aliphatic heterocycles. The zero-order valence-corrected chi connectivity index (χ0v) is 20.1. The first kappa shape index (κ1) is 22.6. The highest BCUT2D eigenvalue weighted by atomic mass is 32.1. The van der Waals surface area contributed by atoms with Crippen LogP contribution in [0.25, 0.3) is 10.3 Å². The molecule has 0 amide bonds. The first-order valence-electron chi connectivity index (χ1n) is 11.8. The normalized spacial score (nSPS) is 23.6. The standard InChI is InChI=1S/C24H32N6O2S/c1-24(2)15-30(10-11-32-24)14-18-12-17(13-21-29-20-4-3-9-25-22(20)33-21)27-23(28-18)26-16-5-7-19(31)8-6-16/h3-4,9,12,16,19,31H,5-8,10-11,13-15H2,1-2H3,(H,26,27,28). The van der Waals surface area contributed by atoms with Crippen molar-refractivity contribution in [3.63, 3.8) is 0 Å². The van der Waals surface area contributed by atoms with E-state index in [1.54, 1.807) is 17.5 Å². The van der Waals surface area contributed by atoms with Gasteiger partial charge in [0.25, 0.3) is 0 Å². The molecule has 1 aliphatic carbocycles. The molecular weight excluding hydrogens is 436 g/mol. The number of hydrogen-bond acceptors (Lipinski definition) is 9. The molecule has 33 heavy (non-hydrogen) atoms. The lowest BCUT2D eigenvalue weighted by Crippen LogP contribution is -2.47. The second-order valence-corrected chi connectivity index (χ2v) is 10.8. The van der Waals surface area contributed by atoms with Crippen molar-refractivity contribution in [1.82, 2.24) is 24.8 Å². The molecule has 0 bridgehead atoms. The zero-order chi connectivity index (χ0) is 22.8. The maximum absolute atomic E-state index is 9.84. The molecule has 9 heteroatoms. The molecule has 2 fully saturated rings. The Labute approximate surface area is 198 Å². The van der Waals surface area contributed by atoms with Gasteiger partial charge in [0, 0.05) is 38.3 Å². The van der Waals surface area contributed by atoms with Gasteiger partial charge in [-0.05, 0) is 57.7 Å². The molecule has 0 radical (unpaired) electrons. The molecule has 2 aliphatic rings. The van der Waals surface area contributed by atoms with Crippen LogP contribution in [0.3, 0.4) is 0 Å². The van der Waals surface area contributed by atoms with Crippen molar-refractivity contribution in [1.29, 1.82) is 0 Å². The van der Waals surface area contributed by atoms with Gasteiger partial charge in [0.05, 0.1) is 29.7 Å². The number of ether oxygens (including phenoxy) is 1. The highest BCUT2D eigenvalue weighted by molar-refractivity contribution is 7.18. The van der Waals surface area contributed by atoms with Crippen LogP contribution in [0.4, 0.5) is 5.95 Å². The molecule has 5 rings (SSSR count). The highest BCUT2D eigenvalue weighted by Gasteiger charge is 2.27. The summed E-state index contributed by atoms with van der Waals surface area (Å²) >= 11 is 1.62. The number of morpholine rings is 1. The van der Waals surface area contributed by atoms with E-state index >= 15 is 0 Å². The maximum atomic E-state index is 9.84. The molecule has 176 valence electrons. The summed E-state index contributed by atoms with van der Waals surface area (Å²) in [7, 11) is 0. The molecule has 4 heterocycles. The van der Waals surface area contributed by atoms with Crippen LogP contribution in [0, 0.1) is 0 Å². The van der Waals surface area contributed by atoms with Gasteiger partial charge >= 0.3 is 0 Å². The summed E-state index contributed by atoms with van der Waals surface area (Å²) in [6, 6.07) is 6.32. The first-order valence-corrected chi connectivity index (χ1v) is 12.6. The van der Waals surface area contributed by atoms with E-state index in [2.05, 4.69) is 35.1 Å². The number of hydrogen-bond donors (Lipinski definition) is 2. The third-order valence-electron chi connectivity index (χ3n) is 6.30. The average Bonchev–Trinajstić information content (AvgIpc) is 3.17. The SMILES string of the molecule is CC1(C)CN(Cc2cc(Cc3nc4cccnc4s3)nc(NC3CCC(O)CC3)n2)CCO1. The number of nitrogens with one attached hydrogen (secondary N) is 1. The molecular formula is C24H32N6O2S. The molecule has 0 atom stereocenters. The fourth-order valence-electron chi connectivity index (χ4n) is 4.72. The number of fused-ring (bicyclic) bond motifs is 1. The van der Waals surface area contributed by atoms with E-state index in [0.717, 1.165) is 78.7 Å². The van der Waals surface area contributed by atoms with E-state index in [1.165, 1.54) is 0 Å². The molecule has 0 unspecified atom stereocenters. The summed E-state index contributed by atoms with van der Waals surface area (Å²) in [5, 5.41) is 14.4. The number of thiazole rings is 1. The number of aromatic nitrogens is 4. The Kier molecular flexibility index (Phi) is 6.56. The Morgan fingerprint density at radius 1 is 1.18 bits per heavy atom. The maximum Gasteiger partial charge on any atom is 0.223 e. The second kappa shape index (κ2) is 9.58. The van der Waals surface area contributed by atoms with Gasteiger partial charge < -0.3 is 15.2 Å². The number of nitrogens with zero attached hydrogens (tertiary/aromatic N) is 5. The number of anilines is 1. The van der Waals surface area contributed by atoms with Crippen molar-refractivity contribution < 1.29 is 9.84 Å². The second-order valence-electron chi connectivity index (χ2n) is 9.75. The molecule has 3 aromatic heterocycles. The molecule has 1 saturated heterocycles. The van der Waals surface area contributed by atoms with E-state index in [9.17, 15) is 5.11 Å². The minimum absolute atomic E-state index is 0.147. The van der Waals surface area contributed by atoms with E-state index in [1.807, 2.05) is 12.1 Å². The zero-order valence-electron chi connectivity index (χ0n) is 19.3. The van der Waals surface area contributed by atoms with Crippen molar-refractivity contribution >= 4 is 27.6 Å². The van der Waals surface area contributed by atoms with E-state index < -0.39 is 0 Å². The Balaban J connectivity index is 1.38. The highest BCUT2D eigenvalue weighted by Crippen LogP contribution is 2.25. The molecule has 2 N–H and O–H groups in total. The predicted octanol–water partition coefficient (Wildman–Crippen LogP) is 3.40. The van der Waals surface area contributed by atoms with Crippen molar-refractivity contribution in [2.45, 2.75) is 70.2 Å². The fourth-order valence-corrected chi connectivity index (χ4v) is 5.64. The number of pyridine rings is 1. The van der Waals surface area contributed by atoms with Crippen LogP contribution in [-0.2, 0) is 17.7 Å². The van der Waals surface area contributed by atoms with Gasteiger partial charge in [-0.1, -0.05) is 11.3 Å². The molecule has 8 nitrogen and oxygen atoms in total. The minimum Gasteiger partial charge on any atom is -0.393 e. The number of aliphatic hydroxyl groups excluding tert-OH is 1. The Hall–Kier alpha value is -2.20. The summed E-state index contributed by atoms with van der Waals surface area (Å²) in [6.07, 6.45) is 5.81. The number of aliphatic hydroxyl groups is 1. The molecule has 0 aromatic carbocycles. The molecule has 3 aromatic rings. The van der Waals surface area contributed by atoms with Crippen LogP contribution in [-0.4, -0.2) is 67.4 Å². The van der Waals surface area contributed by atoms with Gasteiger partial charge in [-0.15, -0.1) is 0 Å². The van der Waals surface area contributed by atoms with Gasteiger partial charge in [-0.25, -0.2) is 19.9 Å². The van der Waals surface area contributed by atoms with Crippen LogP contribution >= 0.6 is 11.3 Å². The number of rotatable bonds is 6. The van der Waals surface area contributed by atoms with E-state index in [0.29, 0.717) is 18.4 Å². The van der Waals surface area contributed by atoms with E-state index in [-0.39, 0.29) is 11.7 Å². The predicted molar refractivity (Wildman–Crippen MR) is 129 cm³/mol. The smallest absolute Gasteiger partial charge is 0.223 e. The third kappa shape index (κ3) is 5.84. The van der Waals surface area contributed by atoms with Gasteiger partial charge in [0.2, 0.25) is 5.95 Å². The summed E-state index contributed by atoms with van der Waals surface area (Å²) in [4.78, 5) is 22.3. The summed E-state index contributed by atoms with van der Waals surface area (Å²) in [5.41, 5.74) is 2.76. The minimum atomic E-state index is -0.178. The van der Waals surface area contributed by atoms with Gasteiger partial charge in [-0.2, -0.15) is 0 Å². The largest absolute Gasteiger partial charge is 0.393 e. The average molecular weight is 469 g/mol. The van der Waals surface area contributed by atoms with E-state index in [4.69, 9.17) is 19.7 Å². The lowest BCUT2D eigenvalue weighted by molar-refractivity contribution is -0.0885. The Morgan fingerprint density at radius 2 is 2.00 bits per heavy atom. The first-order chi connectivity index (χ1) is 15.9.